The minimum atomic E-state index is -4.38. The number of thioether (sulfide) groups is 1. The summed E-state index contributed by atoms with van der Waals surface area (Å²) in [6.07, 6.45) is -4.02. The molecule has 1 unspecified atom stereocenters. The van der Waals surface area contributed by atoms with Gasteiger partial charge in [0.1, 0.15) is 12.1 Å². The number of imide groups is 1. The number of aromatic nitrogens is 2. The minimum absolute atomic E-state index is 0.0296. The van der Waals surface area contributed by atoms with Gasteiger partial charge in [0.25, 0.3) is 5.91 Å². The molecule has 0 aromatic carbocycles. The molecule has 1 aromatic rings. The molecule has 2 heterocycles. The number of nitrogens with one attached hydrogen (secondary N) is 3. The third-order valence-corrected chi connectivity index (χ3v) is 5.39. The van der Waals surface area contributed by atoms with Crippen LogP contribution in [-0.4, -0.2) is 57.1 Å². The zero-order chi connectivity index (χ0) is 19.5. The van der Waals surface area contributed by atoms with Crippen LogP contribution in [0.4, 0.5) is 23.1 Å². The minimum Gasteiger partial charge on any atom is -0.351 e. The Morgan fingerprint density at radius 1 is 1.38 bits per heavy atom. The summed E-state index contributed by atoms with van der Waals surface area (Å²) in [5.41, 5.74) is 1.12. The Balaban J connectivity index is 1.83. The molecule has 2 rings (SSSR count). The van der Waals surface area contributed by atoms with Crippen molar-refractivity contribution in [1.82, 2.24) is 25.9 Å². The highest BCUT2D eigenvalue weighted by molar-refractivity contribution is 8.01. The van der Waals surface area contributed by atoms with Gasteiger partial charge in [0.05, 0.1) is 5.75 Å². The van der Waals surface area contributed by atoms with E-state index in [-0.39, 0.29) is 15.2 Å². The Morgan fingerprint density at radius 2 is 2.08 bits per heavy atom. The number of halogens is 3. The first-order chi connectivity index (χ1) is 12.0. The first-order valence-electron chi connectivity index (χ1n) is 7.27. The number of anilines is 1. The SMILES string of the molecule is CCC1(C)NC(=O)N(NC(=O)CSc2nnc(NCC(F)(F)F)s2)C1=O. The Morgan fingerprint density at radius 3 is 2.65 bits per heavy atom. The molecule has 4 amide bonds. The number of carbonyl (C=O) groups is 3. The standard InChI is InChI=1S/C12H15F3N6O3S2/c1-3-11(2)7(23)21(9(24)17-11)20-6(22)4-25-10-19-18-8(26-10)16-5-12(13,14)15/h3-5H2,1-2H3,(H,16,18)(H,17,24)(H,20,22). The van der Waals surface area contributed by atoms with Crippen molar-refractivity contribution in [3.63, 3.8) is 0 Å². The second-order valence-electron chi connectivity index (χ2n) is 5.42. The zero-order valence-corrected chi connectivity index (χ0v) is 15.3. The quantitative estimate of drug-likeness (QED) is 0.457. The lowest BCUT2D eigenvalue weighted by Gasteiger charge is -2.19. The molecule has 1 aromatic heterocycles. The van der Waals surface area contributed by atoms with Gasteiger partial charge in [-0.05, 0) is 13.3 Å². The van der Waals surface area contributed by atoms with Crippen LogP contribution < -0.4 is 16.1 Å². The summed E-state index contributed by atoms with van der Waals surface area (Å²) < 4.78 is 36.6. The van der Waals surface area contributed by atoms with Gasteiger partial charge in [0, 0.05) is 0 Å². The lowest BCUT2D eigenvalue weighted by Crippen LogP contribution is -2.49. The molecule has 0 saturated carbocycles. The topological polar surface area (TPSA) is 116 Å². The summed E-state index contributed by atoms with van der Waals surface area (Å²) in [7, 11) is 0. The third-order valence-electron chi connectivity index (χ3n) is 3.38. The molecule has 3 N–H and O–H groups in total. The number of hydrogen-bond donors (Lipinski definition) is 3. The van der Waals surface area contributed by atoms with E-state index < -0.39 is 36.1 Å². The van der Waals surface area contributed by atoms with E-state index in [9.17, 15) is 27.6 Å². The number of alkyl halides is 3. The molecule has 1 aliphatic heterocycles. The summed E-state index contributed by atoms with van der Waals surface area (Å²) in [5, 5.41) is 12.3. The highest BCUT2D eigenvalue weighted by Gasteiger charge is 2.47. The van der Waals surface area contributed by atoms with Crippen LogP contribution in [-0.2, 0) is 9.59 Å². The summed E-state index contributed by atoms with van der Waals surface area (Å²) in [6, 6.07) is -0.729. The number of carbonyl (C=O) groups excluding carboxylic acids is 3. The van der Waals surface area contributed by atoms with Crippen LogP contribution in [0.25, 0.3) is 0 Å². The van der Waals surface area contributed by atoms with Gasteiger partial charge in [-0.15, -0.1) is 10.2 Å². The summed E-state index contributed by atoms with van der Waals surface area (Å²) >= 11 is 1.77. The predicted molar refractivity (Wildman–Crippen MR) is 87.4 cm³/mol. The van der Waals surface area contributed by atoms with E-state index in [4.69, 9.17) is 0 Å². The monoisotopic (exact) mass is 412 g/mol. The zero-order valence-electron chi connectivity index (χ0n) is 13.6. The molecule has 0 spiro atoms. The fourth-order valence-electron chi connectivity index (χ4n) is 1.83. The Bertz CT molecular complexity index is 713. The maximum absolute atomic E-state index is 12.1. The average Bonchev–Trinajstić information content (AvgIpc) is 3.09. The van der Waals surface area contributed by atoms with Crippen LogP contribution in [0.5, 0.6) is 0 Å². The first kappa shape index (κ1) is 20.2. The van der Waals surface area contributed by atoms with Gasteiger partial charge < -0.3 is 10.6 Å². The van der Waals surface area contributed by atoms with E-state index in [1.54, 1.807) is 13.8 Å². The normalized spacial score (nSPS) is 20.3. The molecule has 26 heavy (non-hydrogen) atoms. The van der Waals surface area contributed by atoms with Crippen molar-refractivity contribution < 1.29 is 27.6 Å². The molecule has 0 radical (unpaired) electrons. The predicted octanol–water partition coefficient (Wildman–Crippen LogP) is 1.36. The van der Waals surface area contributed by atoms with Crippen molar-refractivity contribution in [2.45, 2.75) is 36.3 Å². The molecule has 1 fully saturated rings. The van der Waals surface area contributed by atoms with Gasteiger partial charge in [0.2, 0.25) is 11.0 Å². The molecule has 1 aliphatic rings. The van der Waals surface area contributed by atoms with E-state index in [1.807, 2.05) is 0 Å². The van der Waals surface area contributed by atoms with E-state index in [0.29, 0.717) is 11.4 Å². The van der Waals surface area contributed by atoms with Gasteiger partial charge in [-0.3, -0.25) is 15.0 Å². The van der Waals surface area contributed by atoms with Crippen LogP contribution in [0, 0.1) is 0 Å². The lowest BCUT2D eigenvalue weighted by molar-refractivity contribution is -0.137. The fraction of sp³-hybridized carbons (Fsp3) is 0.583. The van der Waals surface area contributed by atoms with Crippen LogP contribution in [0.15, 0.2) is 4.34 Å². The van der Waals surface area contributed by atoms with E-state index >= 15 is 0 Å². The highest BCUT2D eigenvalue weighted by Crippen LogP contribution is 2.26. The molecule has 1 atom stereocenters. The molecule has 0 aliphatic carbocycles. The van der Waals surface area contributed by atoms with E-state index in [1.165, 1.54) is 0 Å². The Hall–Kier alpha value is -2.09. The number of hydrogen-bond acceptors (Lipinski definition) is 8. The summed E-state index contributed by atoms with van der Waals surface area (Å²) in [4.78, 5) is 35.8. The Labute approximate surface area is 154 Å². The first-order valence-corrected chi connectivity index (χ1v) is 9.07. The maximum Gasteiger partial charge on any atom is 0.405 e. The molecule has 144 valence electrons. The van der Waals surface area contributed by atoms with Crippen LogP contribution in [0.3, 0.4) is 0 Å². The van der Waals surface area contributed by atoms with E-state index in [2.05, 4.69) is 26.3 Å². The van der Waals surface area contributed by atoms with E-state index in [0.717, 1.165) is 23.1 Å². The molecule has 0 bridgehead atoms. The second-order valence-corrected chi connectivity index (χ2v) is 7.62. The molecular formula is C12H15F3N6O3S2. The van der Waals surface area contributed by atoms with Gasteiger partial charge >= 0.3 is 12.2 Å². The van der Waals surface area contributed by atoms with Gasteiger partial charge in [-0.2, -0.15) is 18.2 Å². The van der Waals surface area contributed by atoms with Crippen LogP contribution >= 0.6 is 23.1 Å². The third kappa shape index (κ3) is 4.97. The van der Waals surface area contributed by atoms with Crippen LogP contribution in [0.1, 0.15) is 20.3 Å². The van der Waals surface area contributed by atoms with Gasteiger partial charge in [0.15, 0.2) is 4.34 Å². The molecule has 14 heteroatoms. The maximum atomic E-state index is 12.1. The number of amides is 4. The smallest absolute Gasteiger partial charge is 0.351 e. The highest BCUT2D eigenvalue weighted by atomic mass is 32.2. The number of urea groups is 1. The van der Waals surface area contributed by atoms with Gasteiger partial charge in [-0.25, -0.2) is 4.79 Å². The fourth-order valence-corrected chi connectivity index (χ4v) is 3.37. The van der Waals surface area contributed by atoms with Crippen molar-refractivity contribution in [3.8, 4) is 0 Å². The van der Waals surface area contributed by atoms with Crippen molar-refractivity contribution in [2.75, 3.05) is 17.6 Å². The van der Waals surface area contributed by atoms with Crippen molar-refractivity contribution >= 4 is 46.1 Å². The van der Waals surface area contributed by atoms with Crippen molar-refractivity contribution in [1.29, 1.82) is 0 Å². The summed E-state index contributed by atoms with van der Waals surface area (Å²) in [5.74, 6) is -1.41. The number of rotatable bonds is 7. The molecule has 9 nitrogen and oxygen atoms in total. The largest absolute Gasteiger partial charge is 0.405 e. The second kappa shape index (κ2) is 7.65. The van der Waals surface area contributed by atoms with Crippen LogP contribution in [0.2, 0.25) is 0 Å². The lowest BCUT2D eigenvalue weighted by atomic mass is 10.00. The van der Waals surface area contributed by atoms with Gasteiger partial charge in [-0.1, -0.05) is 30.0 Å². The molecule has 1 saturated heterocycles. The number of hydrazine groups is 1. The Kier molecular flexibility index (Phi) is 5.95. The van der Waals surface area contributed by atoms with Crippen molar-refractivity contribution in [3.05, 3.63) is 0 Å². The summed E-state index contributed by atoms with van der Waals surface area (Å²) in [6.45, 7) is 2.03. The van der Waals surface area contributed by atoms with Crippen molar-refractivity contribution in [2.24, 2.45) is 0 Å². The number of nitrogens with zero attached hydrogens (tertiary/aromatic N) is 3. The average molecular weight is 412 g/mol. The molecular weight excluding hydrogens is 397 g/mol.